The van der Waals surface area contributed by atoms with Gasteiger partial charge in [0.2, 0.25) is 0 Å². The lowest BCUT2D eigenvalue weighted by Crippen LogP contribution is -2.03. The average Bonchev–Trinajstić information content (AvgIpc) is 1.85. The van der Waals surface area contributed by atoms with E-state index >= 15 is 0 Å². The molecule has 0 radical (unpaired) electrons. The molecule has 11 heavy (non-hydrogen) atoms. The fourth-order valence-corrected chi connectivity index (χ4v) is 1.04. The van der Waals surface area contributed by atoms with Crippen molar-refractivity contribution in [3.8, 4) is 0 Å². The van der Waals surface area contributed by atoms with Crippen molar-refractivity contribution in [2.45, 2.75) is 53.9 Å². The Hall–Kier alpha value is -0.260. The van der Waals surface area contributed by atoms with Crippen LogP contribution < -0.4 is 0 Å². The molecule has 0 nitrogen and oxygen atoms in total. The molecule has 0 bridgehead atoms. The minimum atomic E-state index is 0.508. The maximum absolute atomic E-state index is 2.30. The third-order valence-electron chi connectivity index (χ3n) is 1.99. The van der Waals surface area contributed by atoms with E-state index in [1.165, 1.54) is 24.8 Å². The van der Waals surface area contributed by atoms with Crippen LogP contribution in [0.25, 0.3) is 0 Å². The number of allylic oxidation sites excluding steroid dienone is 2. The Bertz CT molecular complexity index is 123. The molecule has 0 aliphatic heterocycles. The van der Waals surface area contributed by atoms with Crippen LogP contribution in [0.4, 0.5) is 0 Å². The highest BCUT2D eigenvalue weighted by Crippen LogP contribution is 2.22. The van der Waals surface area contributed by atoms with Crippen LogP contribution in [0.5, 0.6) is 0 Å². The van der Waals surface area contributed by atoms with E-state index in [-0.39, 0.29) is 0 Å². The topological polar surface area (TPSA) is 0 Å². The van der Waals surface area contributed by atoms with Gasteiger partial charge in [-0.2, -0.15) is 0 Å². The molecule has 0 rings (SSSR count). The fourth-order valence-electron chi connectivity index (χ4n) is 1.04. The molecular formula is C11H22. The summed E-state index contributed by atoms with van der Waals surface area (Å²) in [5, 5.41) is 0. The van der Waals surface area contributed by atoms with Crippen molar-refractivity contribution in [1.82, 2.24) is 0 Å². The molecule has 0 amide bonds. The van der Waals surface area contributed by atoms with Gasteiger partial charge in [0, 0.05) is 0 Å². The van der Waals surface area contributed by atoms with Crippen LogP contribution in [0, 0.1) is 5.41 Å². The predicted molar refractivity (Wildman–Crippen MR) is 52.7 cm³/mol. The molecule has 0 heteroatoms. The van der Waals surface area contributed by atoms with Crippen LogP contribution in [0.3, 0.4) is 0 Å². The molecule has 0 unspecified atom stereocenters. The SMILES string of the molecule is C/C=C(\C)CCCC(C)(C)C. The fraction of sp³-hybridized carbons (Fsp3) is 0.818. The van der Waals surface area contributed by atoms with Crippen molar-refractivity contribution in [3.05, 3.63) is 11.6 Å². The van der Waals surface area contributed by atoms with E-state index < -0.39 is 0 Å². The van der Waals surface area contributed by atoms with Crippen LogP contribution in [0.1, 0.15) is 53.9 Å². The normalized spacial score (nSPS) is 13.7. The lowest BCUT2D eigenvalue weighted by Gasteiger charge is -2.17. The molecule has 0 heterocycles. The van der Waals surface area contributed by atoms with Gasteiger partial charge in [0.05, 0.1) is 0 Å². The summed E-state index contributed by atoms with van der Waals surface area (Å²) in [5.41, 5.74) is 2.03. The molecule has 0 fully saturated rings. The summed E-state index contributed by atoms with van der Waals surface area (Å²) in [4.78, 5) is 0. The average molecular weight is 154 g/mol. The summed E-state index contributed by atoms with van der Waals surface area (Å²) in [5.74, 6) is 0. The lowest BCUT2D eigenvalue weighted by atomic mass is 9.89. The molecule has 0 saturated heterocycles. The summed E-state index contributed by atoms with van der Waals surface area (Å²) in [6.45, 7) is 11.2. The molecule has 0 aromatic heterocycles. The van der Waals surface area contributed by atoms with E-state index in [1.807, 2.05) is 0 Å². The van der Waals surface area contributed by atoms with E-state index in [0.29, 0.717) is 5.41 Å². The Balaban J connectivity index is 3.43. The first-order valence-electron chi connectivity index (χ1n) is 4.57. The summed E-state index contributed by atoms with van der Waals surface area (Å²) in [7, 11) is 0. The van der Waals surface area contributed by atoms with E-state index in [9.17, 15) is 0 Å². The molecule has 0 spiro atoms. The van der Waals surface area contributed by atoms with Gasteiger partial charge < -0.3 is 0 Å². The number of hydrogen-bond acceptors (Lipinski definition) is 0. The zero-order chi connectivity index (χ0) is 8.91. The van der Waals surface area contributed by atoms with Gasteiger partial charge >= 0.3 is 0 Å². The molecular weight excluding hydrogens is 132 g/mol. The smallest absolute Gasteiger partial charge is 0.0323 e. The van der Waals surface area contributed by atoms with Crippen LogP contribution >= 0.6 is 0 Å². The second-order valence-corrected chi connectivity index (χ2v) is 4.55. The molecule has 0 N–H and O–H groups in total. The molecule has 0 aromatic carbocycles. The lowest BCUT2D eigenvalue weighted by molar-refractivity contribution is 0.365. The Morgan fingerprint density at radius 2 is 1.82 bits per heavy atom. The van der Waals surface area contributed by atoms with Gasteiger partial charge in [-0.3, -0.25) is 0 Å². The first-order chi connectivity index (χ1) is 4.95. The van der Waals surface area contributed by atoms with Crippen molar-refractivity contribution >= 4 is 0 Å². The van der Waals surface area contributed by atoms with Gasteiger partial charge in [-0.25, -0.2) is 0 Å². The maximum Gasteiger partial charge on any atom is -0.0323 e. The van der Waals surface area contributed by atoms with Crippen molar-refractivity contribution in [1.29, 1.82) is 0 Å². The largest absolute Gasteiger partial charge is 0.0887 e. The molecule has 0 atom stereocenters. The Morgan fingerprint density at radius 3 is 2.18 bits per heavy atom. The summed E-state index contributed by atoms with van der Waals surface area (Å²) < 4.78 is 0. The third-order valence-corrected chi connectivity index (χ3v) is 1.99. The zero-order valence-corrected chi connectivity index (χ0v) is 8.70. The monoisotopic (exact) mass is 154 g/mol. The minimum Gasteiger partial charge on any atom is -0.0887 e. The van der Waals surface area contributed by atoms with Crippen LogP contribution in [0.15, 0.2) is 11.6 Å². The second-order valence-electron chi connectivity index (χ2n) is 4.55. The zero-order valence-electron chi connectivity index (χ0n) is 8.70. The molecule has 0 aromatic rings. The second kappa shape index (κ2) is 4.58. The molecule has 66 valence electrons. The molecule has 0 aliphatic rings. The summed E-state index contributed by atoms with van der Waals surface area (Å²) in [6.07, 6.45) is 6.15. The van der Waals surface area contributed by atoms with Gasteiger partial charge in [0.15, 0.2) is 0 Å². The number of hydrogen-bond donors (Lipinski definition) is 0. The summed E-state index contributed by atoms with van der Waals surface area (Å²) >= 11 is 0. The van der Waals surface area contributed by atoms with Crippen molar-refractivity contribution in [2.75, 3.05) is 0 Å². The van der Waals surface area contributed by atoms with Crippen LogP contribution in [-0.2, 0) is 0 Å². The van der Waals surface area contributed by atoms with E-state index in [2.05, 4.69) is 40.7 Å². The van der Waals surface area contributed by atoms with Gasteiger partial charge in [0.1, 0.15) is 0 Å². The molecule has 0 aliphatic carbocycles. The van der Waals surface area contributed by atoms with Gasteiger partial charge in [-0.15, -0.1) is 0 Å². The molecule has 0 saturated carbocycles. The Kier molecular flexibility index (Phi) is 4.48. The van der Waals surface area contributed by atoms with E-state index in [0.717, 1.165) is 0 Å². The van der Waals surface area contributed by atoms with Crippen LogP contribution in [0.2, 0.25) is 0 Å². The first-order valence-corrected chi connectivity index (χ1v) is 4.57. The van der Waals surface area contributed by atoms with E-state index in [4.69, 9.17) is 0 Å². The van der Waals surface area contributed by atoms with Crippen molar-refractivity contribution in [3.63, 3.8) is 0 Å². The Labute approximate surface area is 71.7 Å². The van der Waals surface area contributed by atoms with Crippen LogP contribution in [-0.4, -0.2) is 0 Å². The quantitative estimate of drug-likeness (QED) is 0.535. The first kappa shape index (κ1) is 10.7. The van der Waals surface area contributed by atoms with Gasteiger partial charge in [-0.1, -0.05) is 32.4 Å². The van der Waals surface area contributed by atoms with E-state index in [1.54, 1.807) is 0 Å². The van der Waals surface area contributed by atoms with Crippen molar-refractivity contribution in [2.24, 2.45) is 5.41 Å². The van der Waals surface area contributed by atoms with Crippen molar-refractivity contribution < 1.29 is 0 Å². The van der Waals surface area contributed by atoms with Gasteiger partial charge in [0.25, 0.3) is 0 Å². The highest BCUT2D eigenvalue weighted by molar-refractivity contribution is 4.95. The number of rotatable bonds is 3. The standard InChI is InChI=1S/C11H22/c1-6-10(2)8-7-9-11(3,4)5/h6H,7-9H2,1-5H3/b10-6+. The van der Waals surface area contributed by atoms with Gasteiger partial charge in [-0.05, 0) is 38.5 Å². The predicted octanol–water partition coefficient (Wildman–Crippen LogP) is 4.17. The third kappa shape index (κ3) is 7.64. The highest BCUT2D eigenvalue weighted by atomic mass is 14.1. The minimum absolute atomic E-state index is 0.508. The highest BCUT2D eigenvalue weighted by Gasteiger charge is 2.08. The Morgan fingerprint density at radius 1 is 1.27 bits per heavy atom. The maximum atomic E-state index is 2.30. The summed E-state index contributed by atoms with van der Waals surface area (Å²) in [6, 6.07) is 0.